The predicted octanol–water partition coefficient (Wildman–Crippen LogP) is 3.16. The number of hydrogen-bond acceptors (Lipinski definition) is 8. The average Bonchev–Trinajstić information content (AvgIpc) is 3.19. The number of hydrogen-bond donors (Lipinski definition) is 1. The van der Waals surface area contributed by atoms with Crippen molar-refractivity contribution in [1.29, 1.82) is 0 Å². The summed E-state index contributed by atoms with van der Waals surface area (Å²) >= 11 is 1.44. The Morgan fingerprint density at radius 2 is 1.81 bits per heavy atom. The molecule has 0 atom stereocenters. The summed E-state index contributed by atoms with van der Waals surface area (Å²) < 4.78 is 0. The van der Waals surface area contributed by atoms with Gasteiger partial charge in [-0.15, -0.1) is 10.2 Å². The summed E-state index contributed by atoms with van der Waals surface area (Å²) in [6.07, 6.45) is 5.68. The number of nitrogens with zero attached hydrogens (tertiary/aromatic N) is 5. The molecule has 0 aliphatic heterocycles. The van der Waals surface area contributed by atoms with E-state index in [1.165, 1.54) is 11.3 Å². The molecule has 1 saturated carbocycles. The lowest BCUT2D eigenvalue weighted by atomic mass is 9.73. The summed E-state index contributed by atoms with van der Waals surface area (Å²) in [5, 5.41) is 21.1. The van der Waals surface area contributed by atoms with Crippen molar-refractivity contribution < 1.29 is 9.59 Å². The summed E-state index contributed by atoms with van der Waals surface area (Å²) in [6.45, 7) is 1.86. The van der Waals surface area contributed by atoms with Crippen LogP contribution in [0.2, 0.25) is 0 Å². The van der Waals surface area contributed by atoms with E-state index in [2.05, 4.69) is 30.7 Å². The highest BCUT2D eigenvalue weighted by molar-refractivity contribution is 7.15. The molecule has 4 rings (SSSR count). The molecule has 0 bridgehead atoms. The molecule has 3 aromatic rings. The molecule has 3 aromatic heterocycles. The first-order chi connectivity index (χ1) is 15.1. The SMILES string of the molecule is CCC(=O)Cc1ccc(CC2CC(c3nnc(NC(=O)Cc4ccccn4)s3)C2)nn1. The first kappa shape index (κ1) is 21.2. The van der Waals surface area contributed by atoms with Gasteiger partial charge in [-0.1, -0.05) is 24.3 Å². The first-order valence-electron chi connectivity index (χ1n) is 10.5. The van der Waals surface area contributed by atoms with Gasteiger partial charge in [-0.3, -0.25) is 14.6 Å². The second kappa shape index (κ2) is 9.82. The van der Waals surface area contributed by atoms with Crippen molar-refractivity contribution in [3.8, 4) is 0 Å². The monoisotopic (exact) mass is 436 g/mol. The van der Waals surface area contributed by atoms with Crippen molar-refractivity contribution in [3.05, 3.63) is 58.6 Å². The number of amides is 1. The van der Waals surface area contributed by atoms with Crippen LogP contribution in [0.25, 0.3) is 0 Å². The number of nitrogens with one attached hydrogen (secondary N) is 1. The molecule has 1 N–H and O–H groups in total. The maximum atomic E-state index is 12.2. The van der Waals surface area contributed by atoms with Crippen molar-refractivity contribution in [2.24, 2.45) is 5.92 Å². The minimum absolute atomic E-state index is 0.143. The van der Waals surface area contributed by atoms with E-state index in [0.29, 0.717) is 29.8 Å². The number of pyridine rings is 1. The summed E-state index contributed by atoms with van der Waals surface area (Å²) in [6, 6.07) is 9.37. The number of ketones is 1. The number of carbonyl (C=O) groups excluding carboxylic acids is 2. The van der Waals surface area contributed by atoms with Gasteiger partial charge in [0.15, 0.2) is 0 Å². The van der Waals surface area contributed by atoms with Crippen molar-refractivity contribution in [3.63, 3.8) is 0 Å². The normalized spacial score (nSPS) is 17.7. The van der Waals surface area contributed by atoms with Crippen LogP contribution in [0.3, 0.4) is 0 Å². The molecule has 3 heterocycles. The molecular weight excluding hydrogens is 412 g/mol. The number of aromatic nitrogens is 5. The van der Waals surface area contributed by atoms with Gasteiger partial charge < -0.3 is 5.32 Å². The molecular formula is C22H24N6O2S. The lowest BCUT2D eigenvalue weighted by Crippen LogP contribution is -2.24. The van der Waals surface area contributed by atoms with E-state index in [1.807, 2.05) is 37.3 Å². The Morgan fingerprint density at radius 3 is 2.52 bits per heavy atom. The van der Waals surface area contributed by atoms with Crippen molar-refractivity contribution in [2.45, 2.75) is 51.4 Å². The fourth-order valence-corrected chi connectivity index (χ4v) is 4.48. The zero-order valence-corrected chi connectivity index (χ0v) is 18.1. The molecule has 0 aromatic carbocycles. The highest BCUT2D eigenvalue weighted by Crippen LogP contribution is 2.44. The third-order valence-corrected chi connectivity index (χ3v) is 6.39. The average molecular weight is 437 g/mol. The van der Waals surface area contributed by atoms with Crippen LogP contribution >= 0.6 is 11.3 Å². The molecule has 0 spiro atoms. The highest BCUT2D eigenvalue weighted by atomic mass is 32.1. The minimum Gasteiger partial charge on any atom is -0.300 e. The topological polar surface area (TPSA) is 111 Å². The van der Waals surface area contributed by atoms with E-state index < -0.39 is 0 Å². The van der Waals surface area contributed by atoms with Gasteiger partial charge in [0.05, 0.1) is 24.2 Å². The van der Waals surface area contributed by atoms with Gasteiger partial charge in [0, 0.05) is 24.2 Å². The Labute approximate surface area is 184 Å². The fraction of sp³-hybridized carbons (Fsp3) is 0.409. The molecule has 31 heavy (non-hydrogen) atoms. The van der Waals surface area contributed by atoms with Crippen LogP contribution in [0.5, 0.6) is 0 Å². The first-order valence-corrected chi connectivity index (χ1v) is 11.3. The van der Waals surface area contributed by atoms with Crippen LogP contribution in [0, 0.1) is 5.92 Å². The van der Waals surface area contributed by atoms with Crippen LogP contribution < -0.4 is 5.32 Å². The standard InChI is InChI=1S/C22H24N6O2S/c1-2-19(29)12-18-7-6-17(25-26-18)11-14-9-15(10-14)21-27-28-22(31-21)24-20(30)13-16-5-3-4-8-23-16/h3-8,14-15H,2,9-13H2,1H3,(H,24,28,30). The van der Waals surface area contributed by atoms with Gasteiger partial charge in [0.25, 0.3) is 0 Å². The van der Waals surface area contributed by atoms with Gasteiger partial charge in [-0.25, -0.2) is 0 Å². The third kappa shape index (κ3) is 5.75. The number of anilines is 1. The van der Waals surface area contributed by atoms with E-state index >= 15 is 0 Å². The van der Waals surface area contributed by atoms with Crippen LogP contribution in [0.1, 0.15) is 54.2 Å². The number of carbonyl (C=O) groups is 2. The maximum absolute atomic E-state index is 12.2. The van der Waals surface area contributed by atoms with E-state index in [0.717, 1.165) is 41.4 Å². The van der Waals surface area contributed by atoms with E-state index in [9.17, 15) is 9.59 Å². The van der Waals surface area contributed by atoms with Gasteiger partial charge in [-0.05, 0) is 49.4 Å². The Kier molecular flexibility index (Phi) is 6.71. The molecule has 8 nitrogen and oxygen atoms in total. The highest BCUT2D eigenvalue weighted by Gasteiger charge is 2.33. The largest absolute Gasteiger partial charge is 0.300 e. The lowest BCUT2D eigenvalue weighted by molar-refractivity contribution is -0.118. The van der Waals surface area contributed by atoms with Crippen LogP contribution in [0.15, 0.2) is 36.5 Å². The van der Waals surface area contributed by atoms with E-state index in [4.69, 9.17) is 0 Å². The maximum Gasteiger partial charge on any atom is 0.232 e. The Hall–Kier alpha value is -3.07. The summed E-state index contributed by atoms with van der Waals surface area (Å²) in [5.41, 5.74) is 2.41. The Balaban J connectivity index is 1.23. The van der Waals surface area contributed by atoms with Crippen molar-refractivity contribution in [1.82, 2.24) is 25.4 Å². The summed E-state index contributed by atoms with van der Waals surface area (Å²) in [5.74, 6) is 0.940. The zero-order chi connectivity index (χ0) is 21.6. The molecule has 160 valence electrons. The zero-order valence-electron chi connectivity index (χ0n) is 17.3. The molecule has 1 amide bonds. The minimum atomic E-state index is -0.143. The molecule has 9 heteroatoms. The van der Waals surface area contributed by atoms with Gasteiger partial charge >= 0.3 is 0 Å². The van der Waals surface area contributed by atoms with Gasteiger partial charge in [0.1, 0.15) is 10.8 Å². The Morgan fingerprint density at radius 1 is 1.00 bits per heavy atom. The molecule has 0 saturated heterocycles. The molecule has 1 fully saturated rings. The second-order valence-corrected chi connectivity index (χ2v) is 8.82. The second-order valence-electron chi connectivity index (χ2n) is 7.81. The predicted molar refractivity (Wildman–Crippen MR) is 117 cm³/mol. The van der Waals surface area contributed by atoms with E-state index in [1.54, 1.807) is 6.20 Å². The Bertz CT molecular complexity index is 1030. The van der Waals surface area contributed by atoms with E-state index in [-0.39, 0.29) is 18.1 Å². The van der Waals surface area contributed by atoms with Crippen molar-refractivity contribution >= 4 is 28.2 Å². The number of Topliss-reactive ketones (excluding diaryl/α,β-unsaturated/α-hetero) is 1. The van der Waals surface area contributed by atoms with Crippen molar-refractivity contribution in [2.75, 3.05) is 5.32 Å². The fourth-order valence-electron chi connectivity index (χ4n) is 3.60. The molecule has 0 unspecified atom stereocenters. The van der Waals surface area contributed by atoms with Crippen LogP contribution in [-0.2, 0) is 28.9 Å². The molecule has 1 aliphatic rings. The lowest BCUT2D eigenvalue weighted by Gasteiger charge is -2.33. The molecule has 1 aliphatic carbocycles. The van der Waals surface area contributed by atoms with Gasteiger partial charge in [-0.2, -0.15) is 10.2 Å². The number of rotatable bonds is 9. The van der Waals surface area contributed by atoms with Crippen LogP contribution in [-0.4, -0.2) is 37.1 Å². The van der Waals surface area contributed by atoms with Crippen LogP contribution in [0.4, 0.5) is 5.13 Å². The van der Waals surface area contributed by atoms with Gasteiger partial charge in [0.2, 0.25) is 11.0 Å². The summed E-state index contributed by atoms with van der Waals surface area (Å²) in [7, 11) is 0. The molecule has 0 radical (unpaired) electrons. The summed E-state index contributed by atoms with van der Waals surface area (Å²) in [4.78, 5) is 27.8. The third-order valence-electron chi connectivity index (χ3n) is 5.39. The quantitative estimate of drug-likeness (QED) is 0.548. The smallest absolute Gasteiger partial charge is 0.232 e.